The molecule has 0 heterocycles. The van der Waals surface area contributed by atoms with Gasteiger partial charge in [0.1, 0.15) is 0 Å². The van der Waals surface area contributed by atoms with Crippen LogP contribution in [-0.2, 0) is 0 Å². The zero-order valence-corrected chi connectivity index (χ0v) is 13.1. The van der Waals surface area contributed by atoms with Gasteiger partial charge in [0.25, 0.3) is 0 Å². The molecule has 104 valence electrons. The van der Waals surface area contributed by atoms with Crippen molar-refractivity contribution in [2.24, 2.45) is 11.3 Å². The van der Waals surface area contributed by atoms with Crippen LogP contribution in [0.25, 0.3) is 0 Å². The molecule has 0 fully saturated rings. The average Bonchev–Trinajstić information content (AvgIpc) is 2.13. The van der Waals surface area contributed by atoms with Gasteiger partial charge in [0.2, 0.25) is 0 Å². The Morgan fingerprint density at radius 3 is 2.18 bits per heavy atom. The Kier molecular flexibility index (Phi) is 8.06. The molecule has 2 heteroatoms. The highest BCUT2D eigenvalue weighted by atomic mass is 15.1. The summed E-state index contributed by atoms with van der Waals surface area (Å²) in [6.45, 7) is 17.3. The van der Waals surface area contributed by atoms with Crippen molar-refractivity contribution in [1.82, 2.24) is 10.2 Å². The summed E-state index contributed by atoms with van der Waals surface area (Å²) < 4.78 is 0. The maximum Gasteiger partial charge on any atom is 0.00445 e. The van der Waals surface area contributed by atoms with E-state index in [1.165, 1.54) is 25.9 Å². The smallest absolute Gasteiger partial charge is 0.00445 e. The first-order chi connectivity index (χ1) is 7.79. The van der Waals surface area contributed by atoms with Crippen molar-refractivity contribution in [3.63, 3.8) is 0 Å². The van der Waals surface area contributed by atoms with Crippen LogP contribution < -0.4 is 5.32 Å². The predicted molar refractivity (Wildman–Crippen MR) is 78.5 cm³/mol. The number of nitrogens with zero attached hydrogens (tertiary/aromatic N) is 1. The molecule has 0 aliphatic heterocycles. The van der Waals surface area contributed by atoms with E-state index in [4.69, 9.17) is 0 Å². The van der Waals surface area contributed by atoms with Crippen LogP contribution in [-0.4, -0.2) is 37.6 Å². The van der Waals surface area contributed by atoms with E-state index >= 15 is 0 Å². The summed E-state index contributed by atoms with van der Waals surface area (Å²) in [6, 6.07) is 0.585. The second-order valence-corrected chi connectivity index (χ2v) is 6.69. The minimum atomic E-state index is 0.405. The number of hydrogen-bond donors (Lipinski definition) is 1. The Balaban J connectivity index is 4.27. The Morgan fingerprint density at radius 2 is 1.76 bits per heavy atom. The molecule has 0 amide bonds. The third-order valence-electron chi connectivity index (χ3n) is 3.12. The molecule has 0 aromatic carbocycles. The normalized spacial score (nSPS) is 15.9. The number of nitrogens with one attached hydrogen (secondary N) is 1. The highest BCUT2D eigenvalue weighted by molar-refractivity contribution is 4.80. The molecule has 0 spiro atoms. The molecule has 2 nitrogen and oxygen atoms in total. The molecule has 0 aromatic rings. The Bertz CT molecular complexity index is 189. The average molecular weight is 242 g/mol. The lowest BCUT2D eigenvalue weighted by Crippen LogP contribution is -2.43. The van der Waals surface area contributed by atoms with Crippen LogP contribution in [0, 0.1) is 11.3 Å². The zero-order chi connectivity index (χ0) is 13.5. The van der Waals surface area contributed by atoms with Crippen LogP contribution >= 0.6 is 0 Å². The van der Waals surface area contributed by atoms with Crippen molar-refractivity contribution >= 4 is 0 Å². The fraction of sp³-hybridized carbons (Fsp3) is 1.00. The van der Waals surface area contributed by atoms with Gasteiger partial charge >= 0.3 is 0 Å². The minimum Gasteiger partial charge on any atom is -0.314 e. The van der Waals surface area contributed by atoms with Gasteiger partial charge in [0.05, 0.1) is 0 Å². The molecule has 1 atom stereocenters. The van der Waals surface area contributed by atoms with Crippen LogP contribution in [0.4, 0.5) is 0 Å². The Morgan fingerprint density at radius 1 is 1.18 bits per heavy atom. The van der Waals surface area contributed by atoms with Gasteiger partial charge in [-0.25, -0.2) is 0 Å². The first kappa shape index (κ1) is 16.9. The molecule has 17 heavy (non-hydrogen) atoms. The quantitative estimate of drug-likeness (QED) is 0.667. The Hall–Kier alpha value is -0.0800. The van der Waals surface area contributed by atoms with Gasteiger partial charge in [-0.05, 0) is 24.8 Å². The standard InChI is InChI=1S/C15H34N2/c1-8-9-15(6,11-16-14(4)5)12-17(7)10-13(2)3/h13-14,16H,8-12H2,1-7H3. The summed E-state index contributed by atoms with van der Waals surface area (Å²) in [6.07, 6.45) is 2.57. The van der Waals surface area contributed by atoms with E-state index < -0.39 is 0 Å². The second kappa shape index (κ2) is 8.10. The largest absolute Gasteiger partial charge is 0.314 e. The van der Waals surface area contributed by atoms with Gasteiger partial charge in [0.15, 0.2) is 0 Å². The first-order valence-corrected chi connectivity index (χ1v) is 7.21. The van der Waals surface area contributed by atoms with Gasteiger partial charge in [0, 0.05) is 25.7 Å². The fourth-order valence-electron chi connectivity index (χ4n) is 2.62. The van der Waals surface area contributed by atoms with Crippen molar-refractivity contribution < 1.29 is 0 Å². The van der Waals surface area contributed by atoms with Crippen LogP contribution in [0.3, 0.4) is 0 Å². The number of hydrogen-bond acceptors (Lipinski definition) is 2. The van der Waals surface area contributed by atoms with Gasteiger partial charge in [-0.2, -0.15) is 0 Å². The van der Waals surface area contributed by atoms with Gasteiger partial charge in [-0.1, -0.05) is 48.0 Å². The van der Waals surface area contributed by atoms with Crippen LogP contribution in [0.1, 0.15) is 54.4 Å². The van der Waals surface area contributed by atoms with Gasteiger partial charge in [-0.3, -0.25) is 0 Å². The van der Waals surface area contributed by atoms with Gasteiger partial charge < -0.3 is 10.2 Å². The maximum atomic E-state index is 3.60. The highest BCUT2D eigenvalue weighted by Gasteiger charge is 2.25. The number of rotatable bonds is 9. The summed E-state index contributed by atoms with van der Waals surface area (Å²) in [7, 11) is 2.25. The molecule has 0 aromatic heterocycles. The first-order valence-electron chi connectivity index (χ1n) is 7.21. The predicted octanol–water partition coefficient (Wildman–Crippen LogP) is 3.38. The second-order valence-electron chi connectivity index (χ2n) is 6.69. The van der Waals surface area contributed by atoms with E-state index in [2.05, 4.69) is 58.8 Å². The lowest BCUT2D eigenvalue weighted by atomic mass is 9.84. The lowest BCUT2D eigenvalue weighted by molar-refractivity contribution is 0.159. The van der Waals surface area contributed by atoms with Crippen molar-refractivity contribution in [2.45, 2.75) is 60.4 Å². The van der Waals surface area contributed by atoms with E-state index in [-0.39, 0.29) is 0 Å². The van der Waals surface area contributed by atoms with E-state index in [1.54, 1.807) is 0 Å². The molecule has 1 unspecified atom stereocenters. The van der Waals surface area contributed by atoms with E-state index in [1.807, 2.05) is 0 Å². The molecule has 0 rings (SSSR count). The molecule has 1 N–H and O–H groups in total. The molecular formula is C15H34N2. The van der Waals surface area contributed by atoms with Crippen molar-refractivity contribution in [3.8, 4) is 0 Å². The monoisotopic (exact) mass is 242 g/mol. The van der Waals surface area contributed by atoms with E-state index in [0.717, 1.165) is 12.5 Å². The summed E-state index contributed by atoms with van der Waals surface area (Å²) in [4.78, 5) is 2.49. The maximum absolute atomic E-state index is 3.60. The highest BCUT2D eigenvalue weighted by Crippen LogP contribution is 2.24. The SMILES string of the molecule is CCCC(C)(CNC(C)C)CN(C)CC(C)C. The van der Waals surface area contributed by atoms with Crippen molar-refractivity contribution in [2.75, 3.05) is 26.7 Å². The van der Waals surface area contributed by atoms with Crippen molar-refractivity contribution in [1.29, 1.82) is 0 Å². The zero-order valence-electron chi connectivity index (χ0n) is 13.1. The molecule has 0 aliphatic carbocycles. The molecule has 0 radical (unpaired) electrons. The van der Waals surface area contributed by atoms with Crippen LogP contribution in [0.5, 0.6) is 0 Å². The van der Waals surface area contributed by atoms with Crippen molar-refractivity contribution in [3.05, 3.63) is 0 Å². The topological polar surface area (TPSA) is 15.3 Å². The molecule has 0 aliphatic rings. The van der Waals surface area contributed by atoms with Gasteiger partial charge in [-0.15, -0.1) is 0 Å². The minimum absolute atomic E-state index is 0.405. The third-order valence-corrected chi connectivity index (χ3v) is 3.12. The summed E-state index contributed by atoms with van der Waals surface area (Å²) >= 11 is 0. The lowest BCUT2D eigenvalue weighted by Gasteiger charge is -2.35. The molecule has 0 saturated heterocycles. The van der Waals surface area contributed by atoms with E-state index in [9.17, 15) is 0 Å². The molecule has 0 saturated carbocycles. The third kappa shape index (κ3) is 8.62. The molecular weight excluding hydrogens is 208 g/mol. The van der Waals surface area contributed by atoms with E-state index in [0.29, 0.717) is 11.5 Å². The Labute approximate surface area is 109 Å². The van der Waals surface area contributed by atoms with Crippen LogP contribution in [0.15, 0.2) is 0 Å². The summed E-state index contributed by atoms with van der Waals surface area (Å²) in [5.41, 5.74) is 0.405. The summed E-state index contributed by atoms with van der Waals surface area (Å²) in [5, 5.41) is 3.60. The summed E-state index contributed by atoms with van der Waals surface area (Å²) in [5.74, 6) is 0.754. The fourth-order valence-corrected chi connectivity index (χ4v) is 2.62. The van der Waals surface area contributed by atoms with Crippen LogP contribution in [0.2, 0.25) is 0 Å². The molecule has 0 bridgehead atoms.